The van der Waals surface area contributed by atoms with Gasteiger partial charge in [-0.05, 0) is 0 Å². The van der Waals surface area contributed by atoms with E-state index in [2.05, 4.69) is 3.22 Å². The number of rotatable bonds is 1. The van der Waals surface area contributed by atoms with Gasteiger partial charge < -0.3 is 0 Å². The van der Waals surface area contributed by atoms with Crippen molar-refractivity contribution in [2.24, 2.45) is 0 Å². The molecule has 1 radical (unpaired) electrons. The van der Waals surface area contributed by atoms with Gasteiger partial charge in [0, 0.05) is 0 Å². The van der Waals surface area contributed by atoms with Gasteiger partial charge in [-0.25, -0.2) is 0 Å². The molecule has 5 heteroatoms. The Morgan fingerprint density at radius 2 is 2.20 bits per heavy atom. The molecule has 0 aliphatic rings. The summed E-state index contributed by atoms with van der Waals surface area (Å²) in [7, 11) is 0. The second-order valence-corrected chi connectivity index (χ2v) is 2.06. The third-order valence-corrected chi connectivity index (χ3v) is 0.396. The van der Waals surface area contributed by atoms with Crippen molar-refractivity contribution < 1.29 is 14.1 Å². The van der Waals surface area contributed by atoms with E-state index in [0.717, 1.165) is 0 Å². The first-order chi connectivity index (χ1) is 2.27. The molecule has 0 unspecified atom stereocenters. The molecule has 0 amide bonds. The van der Waals surface area contributed by atoms with Crippen molar-refractivity contribution in [3.8, 4) is 0 Å². The van der Waals surface area contributed by atoms with Crippen LogP contribution in [0.4, 0.5) is 4.53 Å². The molecule has 3 nitrogen and oxygen atoms in total. The average molecular weight is 190 g/mol. The Balaban J connectivity index is 2.85. The Hall–Kier alpha value is 0.468. The van der Waals surface area contributed by atoms with Crippen LogP contribution in [-0.4, -0.2) is 24.4 Å². The summed E-state index contributed by atoms with van der Waals surface area (Å²) in [6.45, 7) is 0. The molecule has 5 heavy (non-hydrogen) atoms. The molecule has 0 spiro atoms. The Bertz CT molecular complexity index is 42.2. The fourth-order valence-electron chi connectivity index (χ4n) is 0. The van der Waals surface area contributed by atoms with E-state index < -0.39 is 21.0 Å². The standard InChI is InChI=1S/FO.H2O.O.Sb/c1-2;;;/h;1H2;;/q-1;;;+2/p-1. The van der Waals surface area contributed by atoms with Gasteiger partial charge in [-0.2, -0.15) is 0 Å². The van der Waals surface area contributed by atoms with Crippen LogP contribution >= 0.6 is 0 Å². The Morgan fingerprint density at radius 3 is 2.20 bits per heavy atom. The summed E-state index contributed by atoms with van der Waals surface area (Å²) in [5, 5.41) is 0. The summed E-state index contributed by atoms with van der Waals surface area (Å²) >= 11 is -3.90. The van der Waals surface area contributed by atoms with Gasteiger partial charge in [0.05, 0.1) is 0 Å². The van der Waals surface area contributed by atoms with Gasteiger partial charge in [0.25, 0.3) is 0 Å². The van der Waals surface area contributed by atoms with Crippen molar-refractivity contribution in [1.29, 1.82) is 0 Å². The van der Waals surface area contributed by atoms with Crippen molar-refractivity contribution >= 4 is 21.0 Å². The second-order valence-electron chi connectivity index (χ2n) is 0.307. The van der Waals surface area contributed by atoms with Crippen LogP contribution in [0, 0.1) is 0 Å². The van der Waals surface area contributed by atoms with Crippen molar-refractivity contribution in [1.82, 2.24) is 0 Å². The molecule has 1 N–H and O–H groups in total. The van der Waals surface area contributed by atoms with E-state index in [4.69, 9.17) is 6.40 Å². The zero-order valence-corrected chi connectivity index (χ0v) is 4.64. The Labute approximate surface area is 35.7 Å². The normalized spacial score (nSPS) is 7.60. The molecule has 0 aliphatic carbocycles. The predicted molar refractivity (Wildman–Crippen MR) is 10.9 cm³/mol. The van der Waals surface area contributed by atoms with Crippen LogP contribution in [0.15, 0.2) is 0 Å². The van der Waals surface area contributed by atoms with Crippen LogP contribution in [0.1, 0.15) is 0 Å². The molecule has 0 saturated heterocycles. The van der Waals surface area contributed by atoms with Crippen molar-refractivity contribution in [2.45, 2.75) is 0 Å². The molecule has 0 heterocycles. The third-order valence-electron chi connectivity index (χ3n) is 0.0590. The minimum absolute atomic E-state index is 2.43. The van der Waals surface area contributed by atoms with Crippen LogP contribution in [0.3, 0.4) is 0 Å². The first-order valence-electron chi connectivity index (χ1n) is 0.719. The van der Waals surface area contributed by atoms with Gasteiger partial charge in [-0.15, -0.1) is 0 Å². The first-order valence-corrected chi connectivity index (χ1v) is 3.95. The summed E-state index contributed by atoms with van der Waals surface area (Å²) in [6.07, 6.45) is 0. The molecular weight excluding hydrogens is 189 g/mol. The fraction of sp³-hybridized carbons (Fsp3) is 0. The van der Waals surface area contributed by atoms with E-state index in [1.165, 1.54) is 0 Å². The average Bonchev–Trinajstić information content (AvgIpc) is 1.38. The predicted octanol–water partition coefficient (Wildman–Crippen LogP) is -0.705. The van der Waals surface area contributed by atoms with Crippen molar-refractivity contribution in [3.05, 3.63) is 0 Å². The third kappa shape index (κ3) is 4.47. The van der Waals surface area contributed by atoms with Gasteiger partial charge >= 0.3 is 35.2 Å². The van der Waals surface area contributed by atoms with Gasteiger partial charge in [-0.3, -0.25) is 0 Å². The summed E-state index contributed by atoms with van der Waals surface area (Å²) in [5.74, 6) is 0. The number of halogens is 1. The maximum absolute atomic E-state index is 10.1. The van der Waals surface area contributed by atoms with E-state index >= 15 is 0 Å². The Morgan fingerprint density at radius 1 is 2.00 bits per heavy atom. The number of hydrogen-bond acceptors (Lipinski definition) is 2. The van der Waals surface area contributed by atoms with E-state index in [1.54, 1.807) is 0 Å². The van der Waals surface area contributed by atoms with E-state index in [-0.39, 0.29) is 0 Å². The topological polar surface area (TPSA) is 46.5 Å². The van der Waals surface area contributed by atoms with Crippen LogP contribution in [0.2, 0.25) is 0 Å². The molecule has 0 saturated carbocycles. The molecule has 0 aliphatic heterocycles. The molecule has 0 bridgehead atoms. The van der Waals surface area contributed by atoms with Crippen LogP contribution in [-0.2, 0) is 6.24 Å². The van der Waals surface area contributed by atoms with E-state index in [9.17, 15) is 4.53 Å². The fourth-order valence-corrected chi connectivity index (χ4v) is 0. The van der Waals surface area contributed by atoms with Crippen LogP contribution in [0.25, 0.3) is 0 Å². The van der Waals surface area contributed by atoms with Crippen molar-refractivity contribution in [3.63, 3.8) is 0 Å². The van der Waals surface area contributed by atoms with Gasteiger partial charge in [0.15, 0.2) is 0 Å². The minimum atomic E-state index is -3.90. The SMILES string of the molecule is [O]=[Sb]([OH])[O]F. The van der Waals surface area contributed by atoms with Gasteiger partial charge in [0.2, 0.25) is 0 Å². The zero-order valence-electron chi connectivity index (χ0n) is 2.09. The summed E-state index contributed by atoms with van der Waals surface area (Å²) in [5.41, 5.74) is 0. The molecule has 0 aromatic heterocycles. The van der Waals surface area contributed by atoms with Crippen molar-refractivity contribution in [2.75, 3.05) is 0 Å². The molecule has 0 rings (SSSR count). The van der Waals surface area contributed by atoms with Crippen LogP contribution < -0.4 is 0 Å². The second kappa shape index (κ2) is 2.69. The van der Waals surface area contributed by atoms with Crippen LogP contribution in [0.5, 0.6) is 0 Å². The zero-order chi connectivity index (χ0) is 4.28. The number of hydrogen-bond donors (Lipinski definition) is 1. The molecule has 31 valence electrons. The Kier molecular flexibility index (Phi) is 2.94. The van der Waals surface area contributed by atoms with Gasteiger partial charge in [0.1, 0.15) is 0 Å². The quantitative estimate of drug-likeness (QED) is 0.555. The first kappa shape index (κ1) is 5.47. The van der Waals surface area contributed by atoms with E-state index in [1.807, 2.05) is 0 Å². The molecule has 0 fully saturated rings. The maximum atomic E-state index is 10.1. The molecule has 0 aromatic carbocycles. The molecular formula is HFO3Sb. The van der Waals surface area contributed by atoms with E-state index in [0.29, 0.717) is 0 Å². The molecule has 0 atom stereocenters. The monoisotopic (exact) mass is 189 g/mol. The van der Waals surface area contributed by atoms with Gasteiger partial charge in [-0.1, -0.05) is 0 Å². The summed E-state index contributed by atoms with van der Waals surface area (Å²) in [6, 6.07) is 0. The summed E-state index contributed by atoms with van der Waals surface area (Å²) < 4.78 is 29.0. The summed E-state index contributed by atoms with van der Waals surface area (Å²) in [4.78, 5) is 0. The molecule has 0 aromatic rings.